The quantitative estimate of drug-likeness (QED) is 0.265. The van der Waals surface area contributed by atoms with Gasteiger partial charge in [0.2, 0.25) is 11.8 Å². The number of esters is 1. The predicted molar refractivity (Wildman–Crippen MR) is 124 cm³/mol. The molecule has 1 N–H and O–H groups in total. The van der Waals surface area contributed by atoms with Gasteiger partial charge in [0.25, 0.3) is 0 Å². The van der Waals surface area contributed by atoms with Gasteiger partial charge in [0.15, 0.2) is 0 Å². The second-order valence-corrected chi connectivity index (χ2v) is 8.55. The summed E-state index contributed by atoms with van der Waals surface area (Å²) in [6.07, 6.45) is 10.7. The number of thioether (sulfide) groups is 1. The fourth-order valence-corrected chi connectivity index (χ4v) is 3.80. The van der Waals surface area contributed by atoms with Crippen LogP contribution in [-0.4, -0.2) is 66.1 Å². The van der Waals surface area contributed by atoms with E-state index in [1.807, 2.05) is 31.2 Å². The molecule has 0 aromatic carbocycles. The van der Waals surface area contributed by atoms with Crippen molar-refractivity contribution in [1.82, 2.24) is 15.2 Å². The zero-order valence-electron chi connectivity index (χ0n) is 18.5. The van der Waals surface area contributed by atoms with Gasteiger partial charge in [-0.15, -0.1) is 11.8 Å². The van der Waals surface area contributed by atoms with Crippen LogP contribution < -0.4 is 10.1 Å². The number of ether oxygens (including phenoxy) is 2. The third kappa shape index (κ3) is 11.8. The lowest BCUT2D eigenvalue weighted by Gasteiger charge is -2.26. The Balaban J connectivity index is 1.52. The average molecular weight is 450 g/mol. The highest BCUT2D eigenvalue weighted by Gasteiger charge is 2.10. The van der Waals surface area contributed by atoms with Gasteiger partial charge in [-0.05, 0) is 50.1 Å². The average Bonchev–Trinajstić information content (AvgIpc) is 2.77. The summed E-state index contributed by atoms with van der Waals surface area (Å²) in [7, 11) is 0. The van der Waals surface area contributed by atoms with E-state index in [0.29, 0.717) is 43.6 Å². The molecule has 0 atom stereocenters. The van der Waals surface area contributed by atoms with Crippen LogP contribution in [0.25, 0.3) is 0 Å². The molecular formula is C23H35N3O4S. The van der Waals surface area contributed by atoms with Crippen LogP contribution in [0, 0.1) is 0 Å². The number of amides is 1. The SMILES string of the molecule is CCCC(=O)OCCSCC(=O)NCC=CCOc1cc(CN2CCCCC2)ccn1. The van der Waals surface area contributed by atoms with E-state index in [9.17, 15) is 9.59 Å². The van der Waals surface area contributed by atoms with Crippen molar-refractivity contribution in [3.8, 4) is 5.88 Å². The molecule has 1 fully saturated rings. The summed E-state index contributed by atoms with van der Waals surface area (Å²) in [5.41, 5.74) is 1.22. The first-order valence-electron chi connectivity index (χ1n) is 11.1. The number of carbonyl (C=O) groups excluding carboxylic acids is 2. The van der Waals surface area contributed by atoms with E-state index in [1.54, 1.807) is 6.20 Å². The third-order valence-electron chi connectivity index (χ3n) is 4.74. The molecule has 0 unspecified atom stereocenters. The number of hydrogen-bond donors (Lipinski definition) is 1. The van der Waals surface area contributed by atoms with E-state index in [-0.39, 0.29) is 11.9 Å². The van der Waals surface area contributed by atoms with E-state index in [1.165, 1.54) is 36.6 Å². The molecule has 0 radical (unpaired) electrons. The lowest BCUT2D eigenvalue weighted by Crippen LogP contribution is -2.29. The summed E-state index contributed by atoms with van der Waals surface area (Å²) in [6.45, 7) is 6.42. The van der Waals surface area contributed by atoms with Gasteiger partial charge in [-0.1, -0.05) is 19.4 Å². The first kappa shape index (κ1) is 25.2. The van der Waals surface area contributed by atoms with Gasteiger partial charge in [-0.2, -0.15) is 0 Å². The van der Waals surface area contributed by atoms with Crippen molar-refractivity contribution in [2.45, 2.75) is 45.6 Å². The van der Waals surface area contributed by atoms with Crippen molar-refractivity contribution in [3.63, 3.8) is 0 Å². The Hall–Kier alpha value is -2.06. The summed E-state index contributed by atoms with van der Waals surface area (Å²) < 4.78 is 10.7. The molecule has 172 valence electrons. The number of carbonyl (C=O) groups is 2. The lowest BCUT2D eigenvalue weighted by molar-refractivity contribution is -0.143. The van der Waals surface area contributed by atoms with Gasteiger partial charge in [-0.25, -0.2) is 4.98 Å². The number of piperidine rings is 1. The van der Waals surface area contributed by atoms with Crippen LogP contribution in [0.3, 0.4) is 0 Å². The van der Waals surface area contributed by atoms with E-state index in [0.717, 1.165) is 26.1 Å². The number of rotatable bonds is 14. The Labute approximate surface area is 190 Å². The Kier molecular flexibility index (Phi) is 12.8. The highest BCUT2D eigenvalue weighted by Crippen LogP contribution is 2.15. The molecule has 1 aromatic heterocycles. The van der Waals surface area contributed by atoms with Gasteiger partial charge in [0.05, 0.1) is 5.75 Å². The van der Waals surface area contributed by atoms with Gasteiger partial charge in [0, 0.05) is 37.5 Å². The molecule has 0 saturated carbocycles. The van der Waals surface area contributed by atoms with Crippen LogP contribution in [0.4, 0.5) is 0 Å². The second-order valence-electron chi connectivity index (χ2n) is 7.45. The first-order chi connectivity index (χ1) is 15.2. The number of likely N-dealkylation sites (tertiary alicyclic amines) is 1. The van der Waals surface area contributed by atoms with Crippen molar-refractivity contribution in [3.05, 3.63) is 36.0 Å². The minimum absolute atomic E-state index is 0.0393. The zero-order chi connectivity index (χ0) is 22.2. The summed E-state index contributed by atoms with van der Waals surface area (Å²) in [5, 5.41) is 2.82. The van der Waals surface area contributed by atoms with Crippen LogP contribution in [-0.2, 0) is 20.9 Å². The molecule has 2 heterocycles. The van der Waals surface area contributed by atoms with Crippen molar-refractivity contribution in [2.75, 3.05) is 44.4 Å². The molecule has 1 saturated heterocycles. The maximum atomic E-state index is 11.8. The molecule has 1 aliphatic heterocycles. The van der Waals surface area contributed by atoms with E-state index >= 15 is 0 Å². The van der Waals surface area contributed by atoms with Crippen molar-refractivity contribution >= 4 is 23.6 Å². The minimum atomic E-state index is -0.177. The van der Waals surface area contributed by atoms with Gasteiger partial charge in [-0.3, -0.25) is 14.5 Å². The maximum Gasteiger partial charge on any atom is 0.305 e. The lowest BCUT2D eigenvalue weighted by atomic mass is 10.1. The Bertz CT molecular complexity index is 693. The predicted octanol–water partition coefficient (Wildman–Crippen LogP) is 3.20. The molecule has 1 aromatic rings. The highest BCUT2D eigenvalue weighted by atomic mass is 32.2. The molecule has 0 aliphatic carbocycles. The number of pyridine rings is 1. The molecule has 1 aliphatic rings. The molecule has 31 heavy (non-hydrogen) atoms. The summed E-state index contributed by atoms with van der Waals surface area (Å²) in [5.74, 6) is 1.38. The molecule has 0 spiro atoms. The fourth-order valence-electron chi connectivity index (χ4n) is 3.17. The molecule has 0 bridgehead atoms. The molecule has 2 rings (SSSR count). The summed E-state index contributed by atoms with van der Waals surface area (Å²) in [4.78, 5) is 29.7. The maximum absolute atomic E-state index is 11.8. The largest absolute Gasteiger partial charge is 0.473 e. The number of nitrogens with zero attached hydrogens (tertiary/aromatic N) is 2. The van der Waals surface area contributed by atoms with E-state index in [4.69, 9.17) is 9.47 Å². The first-order valence-corrected chi connectivity index (χ1v) is 12.3. The van der Waals surface area contributed by atoms with Gasteiger partial charge in [0.1, 0.15) is 13.2 Å². The summed E-state index contributed by atoms with van der Waals surface area (Å²) in [6, 6.07) is 4.04. The van der Waals surface area contributed by atoms with Crippen LogP contribution >= 0.6 is 11.8 Å². The van der Waals surface area contributed by atoms with Crippen molar-refractivity contribution < 1.29 is 19.1 Å². The van der Waals surface area contributed by atoms with Crippen LogP contribution in [0.1, 0.15) is 44.6 Å². The number of hydrogen-bond acceptors (Lipinski definition) is 7. The van der Waals surface area contributed by atoms with E-state index < -0.39 is 0 Å². The molecule has 7 nitrogen and oxygen atoms in total. The standard InChI is InChI=1S/C23H35N3O4S/c1-2-8-23(28)30-15-16-31-19-21(27)24-10-4-7-14-29-22-17-20(9-11-25-22)18-26-12-5-3-6-13-26/h4,7,9,11,17H,2-3,5-6,8,10,12-16,18-19H2,1H3,(H,24,27). The summed E-state index contributed by atoms with van der Waals surface area (Å²) >= 11 is 1.45. The van der Waals surface area contributed by atoms with E-state index in [2.05, 4.69) is 15.2 Å². The smallest absolute Gasteiger partial charge is 0.305 e. The number of aromatic nitrogens is 1. The van der Waals surface area contributed by atoms with Crippen LogP contribution in [0.15, 0.2) is 30.5 Å². The van der Waals surface area contributed by atoms with Crippen LogP contribution in [0.5, 0.6) is 5.88 Å². The van der Waals surface area contributed by atoms with Gasteiger partial charge >= 0.3 is 5.97 Å². The van der Waals surface area contributed by atoms with Gasteiger partial charge < -0.3 is 14.8 Å². The van der Waals surface area contributed by atoms with Crippen molar-refractivity contribution in [2.24, 2.45) is 0 Å². The zero-order valence-corrected chi connectivity index (χ0v) is 19.3. The molecular weight excluding hydrogens is 414 g/mol. The molecule has 1 amide bonds. The Morgan fingerprint density at radius 3 is 2.90 bits per heavy atom. The third-order valence-corrected chi connectivity index (χ3v) is 5.66. The second kappa shape index (κ2) is 15.7. The monoisotopic (exact) mass is 449 g/mol. The fraction of sp³-hybridized carbons (Fsp3) is 0.609. The molecule has 8 heteroatoms. The minimum Gasteiger partial charge on any atom is -0.473 e. The topological polar surface area (TPSA) is 80.8 Å². The highest BCUT2D eigenvalue weighted by molar-refractivity contribution is 7.99. The number of nitrogens with one attached hydrogen (secondary N) is 1. The Morgan fingerprint density at radius 1 is 1.26 bits per heavy atom. The van der Waals surface area contributed by atoms with Crippen molar-refractivity contribution in [1.29, 1.82) is 0 Å². The normalized spacial score (nSPS) is 14.5. The Morgan fingerprint density at radius 2 is 2.10 bits per heavy atom. The van der Waals surface area contributed by atoms with Crippen LogP contribution in [0.2, 0.25) is 0 Å².